The van der Waals surface area contributed by atoms with Crippen molar-refractivity contribution >= 4 is 90.1 Å². The second-order valence-electron chi connectivity index (χ2n) is 27.3. The number of aryl methyl sites for hydroxylation is 1. The predicted molar refractivity (Wildman–Crippen MR) is 410 cm³/mol. The highest BCUT2D eigenvalue weighted by Crippen LogP contribution is 2.39. The number of para-hydroxylation sites is 2. The number of imidazole rings is 1. The standard InChI is InChI=1S/C29H28N6O2.C27H26N6O3.C25H22N8O2/c30-27-25-26(34-35(28(25)33-17-32-27)23-11-13-24(36)14-12-23)20-7-5-18(6-8-20)16-31-29(37)22-10-9-19-3-1-2-4-21(19)15-22;28-25-23-24(32-33(26(23)31-15-30-25)19-10-11-20(34)13-19)18-7-5-16(6-8-18)14-29-27(35)22-12-9-17-3-1-2-4-21(17)36-22;26-23-20-21(32-33(24(20)31-13-30-23)16-8-9-17(34)10-16)15-6-4-14(5-7-15)11-27-25(35)18-2-1-3-19-22(18)29-12-28-19/h1-10,15,17,23-24,36H,11-14,16H2,(H,31,37)(H2,30,32,33);1-8,10-11,15,19-20,22,34H,9,12-14H2,(H,29,35)(H2,28,30,31);1-9,12-13,16-17,34H,10-11H2,(H,27,35)(H,28,29)(H2,26,30,31). The third-order valence-electron chi connectivity index (χ3n) is 20.2. The Morgan fingerprint density at radius 1 is 0.491 bits per heavy atom. The molecular weight excluding hydrogens is 1370 g/mol. The number of hydrogen-bond acceptors (Lipinski definition) is 20. The summed E-state index contributed by atoms with van der Waals surface area (Å²) in [4.78, 5) is 71.3. The Balaban J connectivity index is 0.000000124. The van der Waals surface area contributed by atoms with Crippen molar-refractivity contribution in [2.75, 3.05) is 17.2 Å². The Hall–Kier alpha value is -13.1. The van der Waals surface area contributed by atoms with Gasteiger partial charge >= 0.3 is 0 Å². The summed E-state index contributed by atoms with van der Waals surface area (Å²) < 4.78 is 11.4. The van der Waals surface area contributed by atoms with Crippen molar-refractivity contribution < 1.29 is 34.4 Å². The number of hydrogen-bond donors (Lipinski definition) is 10. The first-order valence-corrected chi connectivity index (χ1v) is 35.9. The zero-order chi connectivity index (χ0) is 73.9. The van der Waals surface area contributed by atoms with E-state index in [9.17, 15) is 29.7 Å². The molecule has 18 rings (SSSR count). The minimum absolute atomic E-state index is 0.103. The van der Waals surface area contributed by atoms with E-state index in [4.69, 9.17) is 37.2 Å². The molecule has 7 aromatic carbocycles. The van der Waals surface area contributed by atoms with Gasteiger partial charge in [-0.25, -0.2) is 48.9 Å². The number of ether oxygens (including phenoxy) is 1. The smallest absolute Gasteiger partial charge is 0.261 e. The molecule has 27 heteroatoms. The zero-order valence-corrected chi connectivity index (χ0v) is 58.5. The molecule has 7 aromatic heterocycles. The van der Waals surface area contributed by atoms with E-state index in [2.05, 4.69) is 55.8 Å². The van der Waals surface area contributed by atoms with Crippen molar-refractivity contribution in [2.24, 2.45) is 0 Å². The van der Waals surface area contributed by atoms with Gasteiger partial charge in [-0.3, -0.25) is 14.4 Å². The van der Waals surface area contributed by atoms with Crippen LogP contribution in [0.3, 0.4) is 0 Å². The van der Waals surface area contributed by atoms with E-state index >= 15 is 0 Å². The van der Waals surface area contributed by atoms with E-state index in [1.165, 1.54) is 19.0 Å². The van der Waals surface area contributed by atoms with Crippen LogP contribution >= 0.6 is 0 Å². The third kappa shape index (κ3) is 14.3. The molecule has 27 nitrogen and oxygen atoms in total. The average molecular weight is 1440 g/mol. The van der Waals surface area contributed by atoms with E-state index in [0.717, 1.165) is 110 Å². The number of H-pyrrole nitrogens is 1. The fourth-order valence-corrected chi connectivity index (χ4v) is 14.5. The largest absolute Gasteiger partial charge is 0.480 e. The number of nitrogens with one attached hydrogen (secondary N) is 4. The van der Waals surface area contributed by atoms with Crippen molar-refractivity contribution in [3.05, 3.63) is 241 Å². The minimum atomic E-state index is -0.503. The third-order valence-corrected chi connectivity index (χ3v) is 20.2. The van der Waals surface area contributed by atoms with Crippen LogP contribution in [0.25, 0.3) is 88.7 Å². The van der Waals surface area contributed by atoms with Crippen LogP contribution in [0, 0.1) is 0 Å². The van der Waals surface area contributed by atoms with Crippen molar-refractivity contribution in [1.29, 1.82) is 0 Å². The van der Waals surface area contributed by atoms with Gasteiger partial charge in [0, 0.05) is 54.7 Å². The average Bonchev–Trinajstić information content (AvgIpc) is 1.62. The van der Waals surface area contributed by atoms with Gasteiger partial charge in [0.05, 0.1) is 70.0 Å². The maximum atomic E-state index is 12.7. The number of aromatic amines is 1. The monoisotopic (exact) mass is 1440 g/mol. The Bertz CT molecular complexity index is 5750. The number of anilines is 3. The lowest BCUT2D eigenvalue weighted by molar-refractivity contribution is -0.128. The van der Waals surface area contributed by atoms with Gasteiger partial charge in [-0.1, -0.05) is 152 Å². The maximum Gasteiger partial charge on any atom is 0.261 e. The molecule has 3 amide bonds. The lowest BCUT2D eigenvalue weighted by atomic mass is 9.93. The first-order valence-electron chi connectivity index (χ1n) is 35.9. The number of aromatic nitrogens is 14. The molecule has 14 aromatic rings. The lowest BCUT2D eigenvalue weighted by Crippen LogP contribution is -2.40. The van der Waals surface area contributed by atoms with E-state index in [0.29, 0.717) is 106 Å². The zero-order valence-electron chi connectivity index (χ0n) is 58.5. The number of rotatable bonds is 15. The van der Waals surface area contributed by atoms with Crippen LogP contribution in [-0.4, -0.2) is 127 Å². The number of fused-ring (bicyclic) bond motifs is 6. The summed E-state index contributed by atoms with van der Waals surface area (Å²) in [5, 5.41) is 57.5. The Labute approximate surface area is 617 Å². The number of nitrogens with zero attached hydrogens (tertiary/aromatic N) is 13. The summed E-state index contributed by atoms with van der Waals surface area (Å²) in [6.45, 7) is 1.17. The summed E-state index contributed by atoms with van der Waals surface area (Å²) in [6, 6.07) is 50.5. The second kappa shape index (κ2) is 30.2. The molecule has 13 N–H and O–H groups in total. The molecule has 0 radical (unpaired) electrons. The van der Waals surface area contributed by atoms with Crippen molar-refractivity contribution in [3.63, 3.8) is 0 Å². The number of carbonyl (C=O) groups excluding carboxylic acids is 3. The van der Waals surface area contributed by atoms with Gasteiger partial charge in [-0.2, -0.15) is 15.3 Å². The molecule has 8 heterocycles. The van der Waals surface area contributed by atoms with Gasteiger partial charge < -0.3 is 58.2 Å². The minimum Gasteiger partial charge on any atom is -0.480 e. The summed E-state index contributed by atoms with van der Waals surface area (Å²) in [7, 11) is 0. The number of aliphatic hydroxyl groups is 3. The van der Waals surface area contributed by atoms with Crippen LogP contribution in [-0.2, 0) is 30.8 Å². The predicted octanol–water partition coefficient (Wildman–Crippen LogP) is 10.3. The number of carbonyl (C=O) groups is 3. The van der Waals surface area contributed by atoms with Gasteiger partial charge in [0.1, 0.15) is 64.8 Å². The van der Waals surface area contributed by atoms with Gasteiger partial charge in [0.2, 0.25) is 0 Å². The normalized spacial score (nSPS) is 18.6. The number of benzene rings is 7. The molecule has 1 saturated carbocycles. The molecular formula is C81H76N20O7. The van der Waals surface area contributed by atoms with Crippen molar-refractivity contribution in [1.82, 2.24) is 85.2 Å². The molecule has 5 unspecified atom stereocenters. The van der Waals surface area contributed by atoms with Crippen LogP contribution in [0.15, 0.2) is 207 Å². The van der Waals surface area contributed by atoms with Crippen molar-refractivity contribution in [3.8, 4) is 39.5 Å². The van der Waals surface area contributed by atoms with Crippen molar-refractivity contribution in [2.45, 2.75) is 114 Å². The highest BCUT2D eigenvalue weighted by atomic mass is 16.5. The molecule has 0 bridgehead atoms. The number of allylic oxidation sites excluding steroid dienone is 2. The number of amides is 3. The molecule has 1 aliphatic heterocycles. The molecule has 0 saturated heterocycles. The second-order valence-corrected chi connectivity index (χ2v) is 27.3. The highest BCUT2D eigenvalue weighted by molar-refractivity contribution is 6.05. The quantitative estimate of drug-likeness (QED) is 0.0426. The van der Waals surface area contributed by atoms with Crippen LogP contribution in [0.2, 0.25) is 0 Å². The van der Waals surface area contributed by atoms with Crippen LogP contribution < -0.4 is 37.9 Å². The number of nitrogens with two attached hydrogens (primary N) is 3. The molecule has 0 spiro atoms. The SMILES string of the molecule is Nc1ncnc2c1c(-c1ccc(CNC(=O)C3CCc4ccccc4O3)cc1)nn2C1C=CC(O)C1.Nc1ncnc2c1c(-c1ccc(CNC(=O)c3ccc4ccccc4c3)cc1)nn2C1CCC(O)CC1.Nc1ncnc2c1c(-c1ccc(CNC(=O)c3cccc4[nH]cnc34)cc1)nn2C1C=CC(O)C1. The van der Waals surface area contributed by atoms with E-state index < -0.39 is 18.3 Å². The summed E-state index contributed by atoms with van der Waals surface area (Å²) in [6.07, 6.45) is 17.3. The number of aliphatic hydroxyl groups excluding tert-OH is 3. The van der Waals surface area contributed by atoms with Gasteiger partial charge in [0.25, 0.3) is 17.7 Å². The first kappa shape index (κ1) is 69.3. The Morgan fingerprint density at radius 2 is 0.991 bits per heavy atom. The van der Waals surface area contributed by atoms with Crippen LogP contribution in [0.4, 0.5) is 17.5 Å². The van der Waals surface area contributed by atoms with E-state index in [1.54, 1.807) is 33.9 Å². The van der Waals surface area contributed by atoms with Gasteiger partial charge in [-0.15, -0.1) is 0 Å². The molecule has 5 atom stereocenters. The topological polar surface area (TPSA) is 395 Å². The van der Waals surface area contributed by atoms with Gasteiger partial charge in [-0.05, 0) is 102 Å². The fourth-order valence-electron chi connectivity index (χ4n) is 14.5. The highest BCUT2D eigenvalue weighted by Gasteiger charge is 2.31. The number of nitrogen functional groups attached to an aromatic ring is 3. The molecule has 4 aliphatic rings. The maximum absolute atomic E-state index is 12.7. The fraction of sp³-hybridized carbons (Fsp3) is 0.222. The molecule has 1 fully saturated rings. The van der Waals surface area contributed by atoms with Crippen LogP contribution in [0.5, 0.6) is 5.75 Å². The molecule has 108 heavy (non-hydrogen) atoms. The van der Waals surface area contributed by atoms with Gasteiger partial charge in [0.15, 0.2) is 23.0 Å². The first-order chi connectivity index (χ1) is 52.7. The van der Waals surface area contributed by atoms with E-state index in [1.807, 2.05) is 168 Å². The summed E-state index contributed by atoms with van der Waals surface area (Å²) >= 11 is 0. The Morgan fingerprint density at radius 3 is 1.54 bits per heavy atom. The lowest BCUT2D eigenvalue weighted by Gasteiger charge is -2.25. The summed E-state index contributed by atoms with van der Waals surface area (Å²) in [5.74, 6) is 1.47. The van der Waals surface area contributed by atoms with E-state index in [-0.39, 0.29) is 42.0 Å². The molecule has 3 aliphatic carbocycles. The molecule has 542 valence electrons. The summed E-state index contributed by atoms with van der Waals surface area (Å²) in [5.41, 5.74) is 32.0. The van der Waals surface area contributed by atoms with Crippen LogP contribution in [0.1, 0.15) is 106 Å². The Kier molecular flexibility index (Phi) is 19.3.